The standard InChI is InChI=1S/C15H18FN3/c1-3-19(13-7-5-4-6-8-13)15-14(16)12(11-17-2)9-10-18-15/h4-10,17H,3,11H2,1-2H3. The first-order valence-corrected chi connectivity index (χ1v) is 6.38. The monoisotopic (exact) mass is 259 g/mol. The zero-order valence-corrected chi connectivity index (χ0v) is 11.2. The van der Waals surface area contributed by atoms with Gasteiger partial charge in [0.05, 0.1) is 0 Å². The molecule has 19 heavy (non-hydrogen) atoms. The van der Waals surface area contributed by atoms with Crippen LogP contribution in [0.2, 0.25) is 0 Å². The average Bonchev–Trinajstić information content (AvgIpc) is 2.45. The van der Waals surface area contributed by atoms with Crippen molar-refractivity contribution in [3.63, 3.8) is 0 Å². The van der Waals surface area contributed by atoms with Crippen LogP contribution >= 0.6 is 0 Å². The molecule has 0 fully saturated rings. The Morgan fingerprint density at radius 2 is 1.95 bits per heavy atom. The maximum Gasteiger partial charge on any atom is 0.170 e. The van der Waals surface area contributed by atoms with E-state index in [1.807, 2.05) is 42.2 Å². The molecule has 0 saturated heterocycles. The highest BCUT2D eigenvalue weighted by Gasteiger charge is 2.16. The molecule has 0 aliphatic carbocycles. The summed E-state index contributed by atoms with van der Waals surface area (Å²) in [4.78, 5) is 6.06. The molecule has 100 valence electrons. The number of pyridine rings is 1. The number of hydrogen-bond acceptors (Lipinski definition) is 3. The van der Waals surface area contributed by atoms with Crippen LogP contribution in [0.15, 0.2) is 42.6 Å². The first-order chi connectivity index (χ1) is 9.27. The third-order valence-electron chi connectivity index (χ3n) is 2.96. The van der Waals surface area contributed by atoms with E-state index < -0.39 is 0 Å². The Kier molecular flexibility index (Phi) is 4.47. The van der Waals surface area contributed by atoms with Crippen molar-refractivity contribution in [3.8, 4) is 0 Å². The van der Waals surface area contributed by atoms with Crippen molar-refractivity contribution < 1.29 is 4.39 Å². The van der Waals surface area contributed by atoms with Crippen molar-refractivity contribution in [2.75, 3.05) is 18.5 Å². The van der Waals surface area contributed by atoms with E-state index in [2.05, 4.69) is 10.3 Å². The number of nitrogens with zero attached hydrogens (tertiary/aromatic N) is 2. The van der Waals surface area contributed by atoms with Crippen molar-refractivity contribution in [1.29, 1.82) is 0 Å². The second-order valence-corrected chi connectivity index (χ2v) is 4.22. The van der Waals surface area contributed by atoms with E-state index in [0.29, 0.717) is 24.5 Å². The van der Waals surface area contributed by atoms with Crippen LogP contribution in [0.5, 0.6) is 0 Å². The Morgan fingerprint density at radius 1 is 1.21 bits per heavy atom. The highest BCUT2D eigenvalue weighted by molar-refractivity contribution is 5.60. The first-order valence-electron chi connectivity index (χ1n) is 6.38. The normalized spacial score (nSPS) is 10.5. The van der Waals surface area contributed by atoms with Gasteiger partial charge in [-0.15, -0.1) is 0 Å². The van der Waals surface area contributed by atoms with E-state index in [-0.39, 0.29) is 5.82 Å². The van der Waals surface area contributed by atoms with E-state index in [1.54, 1.807) is 19.3 Å². The topological polar surface area (TPSA) is 28.2 Å². The molecule has 0 bridgehead atoms. The van der Waals surface area contributed by atoms with Crippen LogP contribution in [0.4, 0.5) is 15.9 Å². The molecule has 1 heterocycles. The summed E-state index contributed by atoms with van der Waals surface area (Å²) < 4.78 is 14.4. The maximum absolute atomic E-state index is 14.4. The summed E-state index contributed by atoms with van der Waals surface area (Å²) in [7, 11) is 1.80. The van der Waals surface area contributed by atoms with Gasteiger partial charge in [-0.1, -0.05) is 18.2 Å². The fourth-order valence-electron chi connectivity index (χ4n) is 2.05. The fraction of sp³-hybridized carbons (Fsp3) is 0.267. The van der Waals surface area contributed by atoms with E-state index in [9.17, 15) is 4.39 Å². The van der Waals surface area contributed by atoms with Gasteiger partial charge in [-0.2, -0.15) is 0 Å². The van der Waals surface area contributed by atoms with Crippen LogP contribution in [-0.4, -0.2) is 18.6 Å². The third-order valence-corrected chi connectivity index (χ3v) is 2.96. The van der Waals surface area contributed by atoms with Gasteiger partial charge in [-0.05, 0) is 32.2 Å². The second-order valence-electron chi connectivity index (χ2n) is 4.22. The van der Waals surface area contributed by atoms with Crippen molar-refractivity contribution in [3.05, 3.63) is 54.0 Å². The van der Waals surface area contributed by atoms with E-state index >= 15 is 0 Å². The molecule has 0 aliphatic heterocycles. The molecule has 0 radical (unpaired) electrons. The minimum atomic E-state index is -0.262. The van der Waals surface area contributed by atoms with Crippen molar-refractivity contribution in [2.45, 2.75) is 13.5 Å². The second kappa shape index (κ2) is 6.29. The van der Waals surface area contributed by atoms with Gasteiger partial charge >= 0.3 is 0 Å². The Bertz CT molecular complexity index is 528. The van der Waals surface area contributed by atoms with Gasteiger partial charge in [0.1, 0.15) is 0 Å². The molecule has 1 aromatic carbocycles. The molecule has 0 spiro atoms. The summed E-state index contributed by atoms with van der Waals surface area (Å²) in [5.74, 6) is 0.115. The van der Waals surface area contributed by atoms with Crippen LogP contribution in [0.3, 0.4) is 0 Å². The lowest BCUT2D eigenvalue weighted by Crippen LogP contribution is -2.20. The zero-order valence-electron chi connectivity index (χ0n) is 11.2. The lowest BCUT2D eigenvalue weighted by atomic mass is 10.2. The molecule has 0 aliphatic rings. The predicted molar refractivity (Wildman–Crippen MR) is 76.1 cm³/mol. The quantitative estimate of drug-likeness (QED) is 0.894. The summed E-state index contributed by atoms with van der Waals surface area (Å²) in [5.41, 5.74) is 1.57. The first kappa shape index (κ1) is 13.5. The third kappa shape index (κ3) is 2.90. The Hall–Kier alpha value is -1.94. The molecule has 0 unspecified atom stereocenters. The summed E-state index contributed by atoms with van der Waals surface area (Å²) in [6, 6.07) is 11.4. The summed E-state index contributed by atoms with van der Waals surface area (Å²) in [5, 5.41) is 2.96. The Labute approximate surface area is 113 Å². The minimum Gasteiger partial charge on any atom is -0.324 e. The largest absolute Gasteiger partial charge is 0.324 e. The van der Waals surface area contributed by atoms with E-state index in [4.69, 9.17) is 0 Å². The zero-order chi connectivity index (χ0) is 13.7. The molecular formula is C15H18FN3. The lowest BCUT2D eigenvalue weighted by molar-refractivity contribution is 0.593. The fourth-order valence-corrected chi connectivity index (χ4v) is 2.05. The van der Waals surface area contributed by atoms with Gasteiger partial charge in [0.2, 0.25) is 0 Å². The van der Waals surface area contributed by atoms with Crippen LogP contribution in [0.1, 0.15) is 12.5 Å². The highest BCUT2D eigenvalue weighted by atomic mass is 19.1. The molecule has 2 aromatic rings. The number of hydrogen-bond donors (Lipinski definition) is 1. The number of nitrogens with one attached hydrogen (secondary N) is 1. The molecular weight excluding hydrogens is 241 g/mol. The number of para-hydroxylation sites is 1. The summed E-state index contributed by atoms with van der Waals surface area (Å²) >= 11 is 0. The van der Waals surface area contributed by atoms with Crippen LogP contribution in [0.25, 0.3) is 0 Å². The van der Waals surface area contributed by atoms with Gasteiger partial charge in [-0.3, -0.25) is 0 Å². The van der Waals surface area contributed by atoms with Crippen molar-refractivity contribution in [2.24, 2.45) is 0 Å². The average molecular weight is 259 g/mol. The SMILES string of the molecule is CCN(c1ccccc1)c1nccc(CNC)c1F. The molecule has 3 nitrogen and oxygen atoms in total. The van der Waals surface area contributed by atoms with Crippen LogP contribution < -0.4 is 10.2 Å². The number of rotatable bonds is 5. The molecule has 1 aromatic heterocycles. The maximum atomic E-state index is 14.4. The van der Waals surface area contributed by atoms with Gasteiger partial charge in [0, 0.05) is 30.5 Å². The minimum absolute atomic E-state index is 0.262. The number of aromatic nitrogens is 1. The number of benzene rings is 1. The molecule has 4 heteroatoms. The van der Waals surface area contributed by atoms with E-state index in [0.717, 1.165) is 5.69 Å². The molecule has 0 atom stereocenters. The predicted octanol–water partition coefficient (Wildman–Crippen LogP) is 3.10. The number of halogens is 1. The Balaban J connectivity index is 2.42. The van der Waals surface area contributed by atoms with Crippen molar-refractivity contribution >= 4 is 11.5 Å². The molecule has 1 N–H and O–H groups in total. The van der Waals surface area contributed by atoms with Gasteiger partial charge in [0.25, 0.3) is 0 Å². The van der Waals surface area contributed by atoms with Crippen LogP contribution in [0, 0.1) is 5.82 Å². The lowest BCUT2D eigenvalue weighted by Gasteiger charge is -2.23. The summed E-state index contributed by atoms with van der Waals surface area (Å²) in [6.45, 7) is 3.14. The highest BCUT2D eigenvalue weighted by Crippen LogP contribution is 2.26. The van der Waals surface area contributed by atoms with Gasteiger partial charge < -0.3 is 10.2 Å². The van der Waals surface area contributed by atoms with Crippen LogP contribution in [-0.2, 0) is 6.54 Å². The smallest absolute Gasteiger partial charge is 0.170 e. The van der Waals surface area contributed by atoms with E-state index in [1.165, 1.54) is 0 Å². The van der Waals surface area contributed by atoms with Crippen molar-refractivity contribution in [1.82, 2.24) is 10.3 Å². The summed E-state index contributed by atoms with van der Waals surface area (Å²) in [6.07, 6.45) is 1.65. The Morgan fingerprint density at radius 3 is 2.58 bits per heavy atom. The molecule has 0 amide bonds. The molecule has 2 rings (SSSR count). The van der Waals surface area contributed by atoms with Gasteiger partial charge in [-0.25, -0.2) is 9.37 Å². The number of anilines is 2. The molecule has 0 saturated carbocycles. The van der Waals surface area contributed by atoms with Gasteiger partial charge in [0.15, 0.2) is 11.6 Å².